The van der Waals surface area contributed by atoms with Gasteiger partial charge in [0.2, 0.25) is 0 Å². The predicted octanol–water partition coefficient (Wildman–Crippen LogP) is -2.86. The zero-order valence-electron chi connectivity index (χ0n) is 4.09. The molecule has 0 N–H and O–H groups in total. The molecule has 0 aromatic rings. The monoisotopic (exact) mass is 410 g/mol. The summed E-state index contributed by atoms with van der Waals surface area (Å²) < 4.78 is 0. The Hall–Kier alpha value is 2.79. The van der Waals surface area contributed by atoms with Gasteiger partial charge >= 0.3 is 79.0 Å². The van der Waals surface area contributed by atoms with E-state index in [-0.39, 0.29) is 8.45 Å². The molecule has 0 aromatic heterocycles. The molecular formula is C2H11As5. The van der Waals surface area contributed by atoms with Gasteiger partial charge in [-0.15, -0.1) is 0 Å². The molecule has 0 aromatic carbocycles. The zero-order valence-corrected chi connectivity index (χ0v) is 15.3. The normalized spacial score (nSPS) is 12.0. The molecule has 0 aliphatic rings. The van der Waals surface area contributed by atoms with Gasteiger partial charge in [-0.1, -0.05) is 0 Å². The molecule has 5 heteroatoms. The van der Waals surface area contributed by atoms with E-state index in [1.54, 1.807) is 5.21 Å². The maximum atomic E-state index is 2.11. The summed E-state index contributed by atoms with van der Waals surface area (Å²) in [6, 6.07) is 0. The van der Waals surface area contributed by atoms with Gasteiger partial charge in [0, 0.05) is 0 Å². The van der Waals surface area contributed by atoms with Gasteiger partial charge in [-0.05, 0) is 0 Å². The molecule has 7 heavy (non-hydrogen) atoms. The van der Waals surface area contributed by atoms with E-state index in [0.717, 1.165) is 0 Å². The fraction of sp³-hybridized carbons (Fsp3) is 1.00. The van der Waals surface area contributed by atoms with E-state index in [1.165, 1.54) is 5.21 Å². The predicted molar refractivity (Wildman–Crippen MR) is 48.1 cm³/mol. The first kappa shape index (κ1) is 9.79. The first-order valence-corrected chi connectivity index (χ1v) is 24.4. The molecule has 0 saturated heterocycles. The quantitative estimate of drug-likeness (QED) is 0.440. The molecule has 0 heterocycles. The van der Waals surface area contributed by atoms with Crippen molar-refractivity contribution in [2.45, 2.75) is 10.4 Å². The van der Waals surface area contributed by atoms with Gasteiger partial charge in [-0.3, -0.25) is 0 Å². The molecule has 0 rings (SSSR count). The molecule has 0 spiro atoms. The Bertz CT molecular complexity index is 35.1. The molecule has 4 unspecified atom stereocenters. The number of hydrogen-bond donors (Lipinski definition) is 0. The van der Waals surface area contributed by atoms with Crippen LogP contribution in [0.5, 0.6) is 0 Å². The van der Waals surface area contributed by atoms with Crippen molar-refractivity contribution < 1.29 is 0 Å². The second-order valence-electron chi connectivity index (χ2n) is 1.10. The minimum atomic E-state index is 0.0173. The van der Waals surface area contributed by atoms with Gasteiger partial charge in [0.25, 0.3) is 0 Å². The molecule has 0 aliphatic heterocycles. The van der Waals surface area contributed by atoms with Crippen LogP contribution in [0.15, 0.2) is 0 Å². The van der Waals surface area contributed by atoms with Crippen molar-refractivity contribution in [3.63, 3.8) is 0 Å². The van der Waals surface area contributed by atoms with Crippen molar-refractivity contribution >= 4 is 68.6 Å². The van der Waals surface area contributed by atoms with Gasteiger partial charge in [0.05, 0.1) is 0 Å². The molecule has 44 valence electrons. The van der Waals surface area contributed by atoms with E-state index in [2.05, 4.69) is 29.6 Å². The first-order chi connectivity index (χ1) is 3.27. The Morgan fingerprint density at radius 3 is 2.14 bits per heavy atom. The molecule has 0 saturated carbocycles. The minimum absolute atomic E-state index is 0.0173. The number of hydrogen-bond acceptors (Lipinski definition) is 0. The van der Waals surface area contributed by atoms with E-state index in [4.69, 9.17) is 0 Å². The number of rotatable bonds is 3. The van der Waals surface area contributed by atoms with Crippen molar-refractivity contribution in [3.8, 4) is 0 Å². The summed E-state index contributed by atoms with van der Waals surface area (Å²) >= 11 is 6.81. The van der Waals surface area contributed by atoms with Crippen LogP contribution in [-0.2, 0) is 0 Å². The summed E-state index contributed by atoms with van der Waals surface area (Å²) in [6.07, 6.45) is 0. The fourth-order valence-electron chi connectivity index (χ4n) is 0.194. The Labute approximate surface area is 77.7 Å². The summed E-state index contributed by atoms with van der Waals surface area (Å²) in [7, 11) is 0.0173. The van der Waals surface area contributed by atoms with Crippen LogP contribution in [0.25, 0.3) is 0 Å². The third kappa shape index (κ3) is 8.79. The third-order valence-corrected chi connectivity index (χ3v) is 32.5. The molecule has 0 radical (unpaired) electrons. The Morgan fingerprint density at radius 2 is 2.00 bits per heavy atom. The fourth-order valence-corrected chi connectivity index (χ4v) is 27.2. The van der Waals surface area contributed by atoms with E-state index in [0.29, 0.717) is 13.7 Å². The van der Waals surface area contributed by atoms with Crippen molar-refractivity contribution in [2.24, 2.45) is 0 Å². The summed E-state index contributed by atoms with van der Waals surface area (Å²) in [6.45, 7) is 0. The Balaban J connectivity index is 2.68. The van der Waals surface area contributed by atoms with E-state index in [9.17, 15) is 0 Å². The van der Waals surface area contributed by atoms with Crippen molar-refractivity contribution in [1.29, 1.82) is 0 Å². The topological polar surface area (TPSA) is 0 Å². The van der Waals surface area contributed by atoms with Gasteiger partial charge in [0.15, 0.2) is 0 Å². The van der Waals surface area contributed by atoms with Crippen LogP contribution in [0.2, 0.25) is 10.4 Å². The molecule has 0 amide bonds. The maximum absolute atomic E-state index is 2.11. The van der Waals surface area contributed by atoms with Gasteiger partial charge in [-0.2, -0.15) is 0 Å². The standard InChI is InChI=1S/C2H11As5/c3-1-2-6-7(4)5/h6H,1-5H2. The molecule has 0 nitrogen and oxygen atoms in total. The van der Waals surface area contributed by atoms with Crippen LogP contribution in [0, 0.1) is 0 Å². The summed E-state index contributed by atoms with van der Waals surface area (Å²) in [4.78, 5) is 0. The molecule has 0 fully saturated rings. The SMILES string of the molecule is [AsH2]CC[AsH][As]([AsH2])[AsH2]. The second-order valence-corrected chi connectivity index (χ2v) is 64.2. The van der Waals surface area contributed by atoms with Crippen LogP contribution in [0.3, 0.4) is 0 Å². The van der Waals surface area contributed by atoms with E-state index >= 15 is 0 Å². The van der Waals surface area contributed by atoms with E-state index < -0.39 is 0 Å². The van der Waals surface area contributed by atoms with Crippen LogP contribution >= 0.6 is 0 Å². The molecular weight excluding hydrogens is 399 g/mol. The molecule has 0 aliphatic carbocycles. The Kier molecular flexibility index (Phi) is 9.66. The van der Waals surface area contributed by atoms with E-state index in [1.807, 2.05) is 16.9 Å². The summed E-state index contributed by atoms with van der Waals surface area (Å²) in [5, 5.41) is 3.17. The third-order valence-electron chi connectivity index (χ3n) is 0.439. The van der Waals surface area contributed by atoms with Gasteiger partial charge in [0.1, 0.15) is 0 Å². The van der Waals surface area contributed by atoms with Crippen molar-refractivity contribution in [2.75, 3.05) is 0 Å². The van der Waals surface area contributed by atoms with Gasteiger partial charge in [-0.25, -0.2) is 0 Å². The van der Waals surface area contributed by atoms with Crippen LogP contribution in [0.1, 0.15) is 0 Å². The van der Waals surface area contributed by atoms with Crippen LogP contribution in [-0.4, -0.2) is 68.6 Å². The summed E-state index contributed by atoms with van der Waals surface area (Å²) in [5.74, 6) is 0. The molecule has 4 atom stereocenters. The van der Waals surface area contributed by atoms with Crippen LogP contribution < -0.4 is 0 Å². The summed E-state index contributed by atoms with van der Waals surface area (Å²) in [5.41, 5.74) is 0. The van der Waals surface area contributed by atoms with Crippen LogP contribution in [0.4, 0.5) is 0 Å². The molecule has 0 bridgehead atoms. The Morgan fingerprint density at radius 1 is 1.43 bits per heavy atom. The first-order valence-electron chi connectivity index (χ1n) is 2.00. The second kappa shape index (κ2) is 6.91. The average Bonchev–Trinajstić information content (AvgIpc) is 1.61. The van der Waals surface area contributed by atoms with Crippen molar-refractivity contribution in [3.05, 3.63) is 0 Å². The zero-order chi connectivity index (χ0) is 5.70. The van der Waals surface area contributed by atoms with Crippen molar-refractivity contribution in [1.82, 2.24) is 0 Å². The average molecular weight is 410 g/mol. The van der Waals surface area contributed by atoms with Gasteiger partial charge < -0.3 is 0 Å².